The molecule has 0 saturated carbocycles. The Morgan fingerprint density at radius 3 is 2.56 bits per heavy atom. The maximum atomic E-state index is 4.40. The monoisotopic (exact) mass is 279 g/mol. The molecule has 0 aliphatic rings. The lowest BCUT2D eigenvalue weighted by molar-refractivity contribution is 0.485. The zero-order valence-electron chi connectivity index (χ0n) is 9.39. The van der Waals surface area contributed by atoms with Gasteiger partial charge in [0.15, 0.2) is 5.82 Å². The standard InChI is InChI=1S/C12H14BrN3/c1-9(2)8-16-11(14-12(13)15-16)10-6-4-3-5-7-10/h3-7,9H,8H2,1-2H3. The summed E-state index contributed by atoms with van der Waals surface area (Å²) in [7, 11) is 0. The van der Waals surface area contributed by atoms with Crippen molar-refractivity contribution in [1.82, 2.24) is 14.8 Å². The molecule has 1 aromatic heterocycles. The highest BCUT2D eigenvalue weighted by Crippen LogP contribution is 2.19. The molecular weight excluding hydrogens is 266 g/mol. The molecule has 0 aliphatic heterocycles. The van der Waals surface area contributed by atoms with Crippen molar-refractivity contribution in [2.75, 3.05) is 0 Å². The van der Waals surface area contributed by atoms with Gasteiger partial charge in [0, 0.05) is 12.1 Å². The predicted octanol–water partition coefficient (Wildman–Crippen LogP) is 3.36. The van der Waals surface area contributed by atoms with E-state index >= 15 is 0 Å². The average molecular weight is 280 g/mol. The van der Waals surface area contributed by atoms with Gasteiger partial charge >= 0.3 is 0 Å². The van der Waals surface area contributed by atoms with Gasteiger partial charge in [0.2, 0.25) is 4.73 Å². The van der Waals surface area contributed by atoms with E-state index in [2.05, 4.69) is 39.9 Å². The van der Waals surface area contributed by atoms with Crippen molar-refractivity contribution in [2.45, 2.75) is 20.4 Å². The first kappa shape index (κ1) is 11.3. The van der Waals surface area contributed by atoms with Crippen LogP contribution in [-0.4, -0.2) is 14.8 Å². The van der Waals surface area contributed by atoms with Gasteiger partial charge in [0.05, 0.1) is 0 Å². The molecule has 1 aromatic carbocycles. The van der Waals surface area contributed by atoms with Crippen LogP contribution in [0.1, 0.15) is 13.8 Å². The fourth-order valence-electron chi connectivity index (χ4n) is 1.59. The first-order valence-corrected chi connectivity index (χ1v) is 6.12. The van der Waals surface area contributed by atoms with Crippen molar-refractivity contribution in [3.8, 4) is 11.4 Å². The third kappa shape index (κ3) is 2.50. The van der Waals surface area contributed by atoms with E-state index in [0.717, 1.165) is 17.9 Å². The highest BCUT2D eigenvalue weighted by Gasteiger charge is 2.10. The Morgan fingerprint density at radius 2 is 1.94 bits per heavy atom. The third-order valence-corrected chi connectivity index (χ3v) is 2.55. The van der Waals surface area contributed by atoms with E-state index in [4.69, 9.17) is 0 Å². The average Bonchev–Trinajstić information content (AvgIpc) is 2.60. The van der Waals surface area contributed by atoms with Gasteiger partial charge in [-0.1, -0.05) is 44.2 Å². The van der Waals surface area contributed by atoms with E-state index in [1.165, 1.54) is 0 Å². The fourth-order valence-corrected chi connectivity index (χ4v) is 1.95. The maximum absolute atomic E-state index is 4.40. The second-order valence-corrected chi connectivity index (χ2v) is 4.86. The van der Waals surface area contributed by atoms with Gasteiger partial charge in [-0.2, -0.15) is 0 Å². The molecule has 0 spiro atoms. The van der Waals surface area contributed by atoms with Crippen LogP contribution in [0.5, 0.6) is 0 Å². The van der Waals surface area contributed by atoms with Crippen molar-refractivity contribution < 1.29 is 0 Å². The van der Waals surface area contributed by atoms with Gasteiger partial charge in [-0.15, -0.1) is 5.10 Å². The molecule has 16 heavy (non-hydrogen) atoms. The van der Waals surface area contributed by atoms with Crippen LogP contribution in [0.4, 0.5) is 0 Å². The maximum Gasteiger partial charge on any atom is 0.217 e. The molecule has 0 radical (unpaired) electrons. The van der Waals surface area contributed by atoms with Gasteiger partial charge in [-0.25, -0.2) is 9.67 Å². The van der Waals surface area contributed by atoms with Crippen LogP contribution in [-0.2, 0) is 6.54 Å². The van der Waals surface area contributed by atoms with Crippen molar-refractivity contribution in [2.24, 2.45) is 5.92 Å². The van der Waals surface area contributed by atoms with E-state index < -0.39 is 0 Å². The summed E-state index contributed by atoms with van der Waals surface area (Å²) < 4.78 is 2.59. The van der Waals surface area contributed by atoms with Crippen LogP contribution in [0.3, 0.4) is 0 Å². The Kier molecular flexibility index (Phi) is 3.39. The zero-order chi connectivity index (χ0) is 11.5. The molecule has 1 heterocycles. The lowest BCUT2D eigenvalue weighted by Gasteiger charge is -2.07. The molecule has 0 fully saturated rings. The molecule has 2 aromatic rings. The van der Waals surface area contributed by atoms with Crippen molar-refractivity contribution in [3.63, 3.8) is 0 Å². The van der Waals surface area contributed by atoms with Gasteiger partial charge in [0.1, 0.15) is 0 Å². The molecule has 4 heteroatoms. The first-order valence-electron chi connectivity index (χ1n) is 5.32. The van der Waals surface area contributed by atoms with Crippen LogP contribution < -0.4 is 0 Å². The Morgan fingerprint density at radius 1 is 1.25 bits per heavy atom. The number of hydrogen-bond donors (Lipinski definition) is 0. The lowest BCUT2D eigenvalue weighted by atomic mass is 10.2. The van der Waals surface area contributed by atoms with Gasteiger partial charge in [-0.05, 0) is 21.8 Å². The smallest absolute Gasteiger partial charge is 0.217 e. The van der Waals surface area contributed by atoms with Crippen LogP contribution in [0.25, 0.3) is 11.4 Å². The Balaban J connectivity index is 2.40. The molecule has 0 N–H and O–H groups in total. The number of hydrogen-bond acceptors (Lipinski definition) is 2. The summed E-state index contributed by atoms with van der Waals surface area (Å²) in [6.07, 6.45) is 0. The third-order valence-electron chi connectivity index (χ3n) is 2.22. The highest BCUT2D eigenvalue weighted by atomic mass is 79.9. The van der Waals surface area contributed by atoms with Gasteiger partial charge in [0.25, 0.3) is 0 Å². The normalized spacial score (nSPS) is 11.0. The Hall–Kier alpha value is -1.16. The summed E-state index contributed by atoms with van der Waals surface area (Å²) in [5.74, 6) is 1.47. The minimum Gasteiger partial charge on any atom is -0.244 e. The second kappa shape index (κ2) is 4.78. The summed E-state index contributed by atoms with van der Waals surface area (Å²) in [5.41, 5.74) is 1.10. The molecule has 0 saturated heterocycles. The number of benzene rings is 1. The highest BCUT2D eigenvalue weighted by molar-refractivity contribution is 9.10. The molecule has 0 bridgehead atoms. The first-order chi connectivity index (χ1) is 7.66. The van der Waals surface area contributed by atoms with Crippen molar-refractivity contribution >= 4 is 15.9 Å². The minimum absolute atomic E-state index is 0.552. The molecule has 0 atom stereocenters. The van der Waals surface area contributed by atoms with Crippen LogP contribution in [0, 0.1) is 5.92 Å². The van der Waals surface area contributed by atoms with Gasteiger partial charge < -0.3 is 0 Å². The Bertz CT molecular complexity index is 462. The predicted molar refractivity (Wildman–Crippen MR) is 68.0 cm³/mol. The number of halogens is 1. The van der Waals surface area contributed by atoms with E-state index in [1.807, 2.05) is 35.0 Å². The summed E-state index contributed by atoms with van der Waals surface area (Å²) in [6.45, 7) is 5.22. The summed E-state index contributed by atoms with van der Waals surface area (Å²) in [6, 6.07) is 10.1. The number of aromatic nitrogens is 3. The summed E-state index contributed by atoms with van der Waals surface area (Å²) >= 11 is 3.33. The molecule has 84 valence electrons. The minimum atomic E-state index is 0.552. The van der Waals surface area contributed by atoms with E-state index in [0.29, 0.717) is 10.7 Å². The second-order valence-electron chi connectivity index (χ2n) is 4.15. The number of nitrogens with zero attached hydrogens (tertiary/aromatic N) is 3. The summed E-state index contributed by atoms with van der Waals surface area (Å²) in [5, 5.41) is 4.35. The SMILES string of the molecule is CC(C)Cn1nc(Br)nc1-c1ccccc1. The Labute approximate surface area is 104 Å². The lowest BCUT2D eigenvalue weighted by Crippen LogP contribution is -2.07. The largest absolute Gasteiger partial charge is 0.244 e. The van der Waals surface area contributed by atoms with Crippen LogP contribution >= 0.6 is 15.9 Å². The molecule has 3 nitrogen and oxygen atoms in total. The zero-order valence-corrected chi connectivity index (χ0v) is 11.0. The molecule has 0 aliphatic carbocycles. The van der Waals surface area contributed by atoms with E-state index in [1.54, 1.807) is 0 Å². The topological polar surface area (TPSA) is 30.7 Å². The number of rotatable bonds is 3. The van der Waals surface area contributed by atoms with Crippen LogP contribution in [0.15, 0.2) is 35.1 Å². The molecular formula is C12H14BrN3. The van der Waals surface area contributed by atoms with E-state index in [9.17, 15) is 0 Å². The van der Waals surface area contributed by atoms with Crippen LogP contribution in [0.2, 0.25) is 0 Å². The molecule has 0 amide bonds. The van der Waals surface area contributed by atoms with Crippen molar-refractivity contribution in [1.29, 1.82) is 0 Å². The van der Waals surface area contributed by atoms with Gasteiger partial charge in [-0.3, -0.25) is 0 Å². The molecule has 0 unspecified atom stereocenters. The molecule has 2 rings (SSSR count). The quantitative estimate of drug-likeness (QED) is 0.863. The van der Waals surface area contributed by atoms with E-state index in [-0.39, 0.29) is 0 Å². The summed E-state index contributed by atoms with van der Waals surface area (Å²) in [4.78, 5) is 4.40. The fraction of sp³-hybridized carbons (Fsp3) is 0.333. The van der Waals surface area contributed by atoms with Crippen molar-refractivity contribution in [3.05, 3.63) is 35.1 Å².